The summed E-state index contributed by atoms with van der Waals surface area (Å²) in [5.74, 6) is -0.556. The number of ether oxygens (including phenoxy) is 2. The van der Waals surface area contributed by atoms with E-state index in [1.54, 1.807) is 6.07 Å². The largest absolute Gasteiger partial charge is 0.496 e. The average molecular weight is 605 g/mol. The van der Waals surface area contributed by atoms with E-state index in [2.05, 4.69) is 16.0 Å². The third-order valence-corrected chi connectivity index (χ3v) is 8.34. The van der Waals surface area contributed by atoms with Crippen molar-refractivity contribution in [1.82, 2.24) is 15.5 Å². The van der Waals surface area contributed by atoms with Crippen molar-refractivity contribution in [3.05, 3.63) is 82.8 Å². The minimum atomic E-state index is -1.38. The van der Waals surface area contributed by atoms with Crippen LogP contribution < -0.4 is 20.7 Å². The van der Waals surface area contributed by atoms with Crippen LogP contribution in [0.15, 0.2) is 60.3 Å². The number of aliphatic hydroxyl groups excluding tert-OH is 2. The van der Waals surface area contributed by atoms with Crippen LogP contribution in [0.3, 0.4) is 0 Å². The lowest BCUT2D eigenvalue weighted by Crippen LogP contribution is -2.49. The second kappa shape index (κ2) is 13.1. The topological polar surface area (TPSA) is 132 Å². The van der Waals surface area contributed by atoms with Gasteiger partial charge in [0.25, 0.3) is 5.91 Å². The minimum absolute atomic E-state index is 0.00800. The maximum Gasteiger partial charge on any atom is 0.323 e. The van der Waals surface area contributed by atoms with E-state index in [-0.39, 0.29) is 24.8 Å². The summed E-state index contributed by atoms with van der Waals surface area (Å²) in [6, 6.07) is 13.9. The van der Waals surface area contributed by atoms with E-state index in [4.69, 9.17) is 9.47 Å². The number of hydrogen-bond acceptors (Lipinski definition) is 7. The lowest BCUT2D eigenvalue weighted by atomic mass is 9.90. The molecule has 3 amide bonds. The van der Waals surface area contributed by atoms with Crippen molar-refractivity contribution in [2.75, 3.05) is 32.7 Å². The summed E-state index contributed by atoms with van der Waals surface area (Å²) >= 11 is 0. The monoisotopic (exact) mass is 604 g/mol. The van der Waals surface area contributed by atoms with E-state index >= 15 is 4.39 Å². The highest BCUT2D eigenvalue weighted by Crippen LogP contribution is 2.38. The van der Waals surface area contributed by atoms with Crippen molar-refractivity contribution in [3.63, 3.8) is 0 Å². The summed E-state index contributed by atoms with van der Waals surface area (Å²) in [5.41, 5.74) is 5.89. The highest BCUT2D eigenvalue weighted by Gasteiger charge is 2.30. The number of carbonyl (C=O) groups excluding carboxylic acids is 2. The van der Waals surface area contributed by atoms with Crippen LogP contribution in [-0.2, 0) is 16.1 Å². The summed E-state index contributed by atoms with van der Waals surface area (Å²) in [5, 5.41) is 29.1. The molecular weight excluding hydrogens is 567 g/mol. The molecule has 0 saturated carbocycles. The molecule has 1 unspecified atom stereocenters. The molecule has 2 heterocycles. The van der Waals surface area contributed by atoms with Gasteiger partial charge in [0.05, 0.1) is 25.4 Å². The number of methoxy groups -OCH3 is 1. The molecule has 3 aromatic rings. The van der Waals surface area contributed by atoms with Crippen molar-refractivity contribution in [2.24, 2.45) is 0 Å². The average Bonchev–Trinajstić information content (AvgIpc) is 3.01. The van der Waals surface area contributed by atoms with Gasteiger partial charge in [0.1, 0.15) is 11.6 Å². The first kappa shape index (κ1) is 31.1. The SMILES string of the molecule is COc1cc(-c2cccc(-c3cccc(NC(=O)C4=CNC(=O)N(C)C4O)c3C)c2C)cc(F)c1CN[C@@H]1CCOC[C@@H]1O. The smallest absolute Gasteiger partial charge is 0.323 e. The van der Waals surface area contributed by atoms with E-state index in [9.17, 15) is 19.8 Å². The third-order valence-electron chi connectivity index (χ3n) is 8.34. The Hall–Kier alpha value is -4.29. The zero-order chi connectivity index (χ0) is 31.5. The molecule has 0 radical (unpaired) electrons. The molecule has 10 nitrogen and oxygen atoms in total. The van der Waals surface area contributed by atoms with Crippen LogP contribution in [0.5, 0.6) is 5.75 Å². The van der Waals surface area contributed by atoms with E-state index in [0.717, 1.165) is 32.7 Å². The number of halogens is 1. The zero-order valence-corrected chi connectivity index (χ0v) is 25.1. The van der Waals surface area contributed by atoms with Crippen LogP contribution in [0.1, 0.15) is 23.1 Å². The Labute approximate surface area is 255 Å². The maximum absolute atomic E-state index is 15.6. The van der Waals surface area contributed by atoms with E-state index in [1.165, 1.54) is 26.4 Å². The number of hydrogen-bond donors (Lipinski definition) is 5. The van der Waals surface area contributed by atoms with Gasteiger partial charge in [-0.2, -0.15) is 0 Å². The third kappa shape index (κ3) is 6.18. The first-order chi connectivity index (χ1) is 21.1. The lowest BCUT2D eigenvalue weighted by Gasteiger charge is -2.29. The van der Waals surface area contributed by atoms with Gasteiger partial charge in [-0.15, -0.1) is 0 Å². The van der Waals surface area contributed by atoms with Gasteiger partial charge in [-0.1, -0.05) is 30.3 Å². The number of likely N-dealkylation sites (N-methyl/N-ethyl adjacent to an activating group) is 1. The molecule has 0 bridgehead atoms. The number of nitrogens with one attached hydrogen (secondary N) is 3. The number of aliphatic hydroxyl groups is 2. The summed E-state index contributed by atoms with van der Waals surface area (Å²) in [4.78, 5) is 25.8. The number of nitrogens with zero attached hydrogens (tertiary/aromatic N) is 1. The van der Waals surface area contributed by atoms with Gasteiger partial charge in [0.2, 0.25) is 0 Å². The summed E-state index contributed by atoms with van der Waals surface area (Å²) < 4.78 is 26.4. The number of urea groups is 1. The van der Waals surface area contributed by atoms with Crippen molar-refractivity contribution >= 4 is 17.6 Å². The number of rotatable bonds is 8. The number of benzene rings is 3. The van der Waals surface area contributed by atoms with E-state index in [0.29, 0.717) is 35.6 Å². The van der Waals surface area contributed by atoms with Crippen LogP contribution in [0, 0.1) is 19.7 Å². The normalized spacial score (nSPS) is 20.2. The summed E-state index contributed by atoms with van der Waals surface area (Å²) in [7, 11) is 2.90. The Bertz CT molecular complexity index is 1610. The summed E-state index contributed by atoms with van der Waals surface area (Å²) in [6.07, 6.45) is -0.190. The zero-order valence-electron chi connectivity index (χ0n) is 25.1. The molecule has 0 aromatic heterocycles. The Balaban J connectivity index is 1.42. The van der Waals surface area contributed by atoms with Gasteiger partial charge in [-0.3, -0.25) is 9.69 Å². The fourth-order valence-corrected chi connectivity index (χ4v) is 5.63. The quantitative estimate of drug-likeness (QED) is 0.264. The van der Waals surface area contributed by atoms with E-state index in [1.807, 2.05) is 50.2 Å². The van der Waals surface area contributed by atoms with Crippen molar-refractivity contribution < 1.29 is 33.7 Å². The lowest BCUT2D eigenvalue weighted by molar-refractivity contribution is -0.114. The Morgan fingerprint density at radius 1 is 1.11 bits per heavy atom. The highest BCUT2D eigenvalue weighted by molar-refractivity contribution is 6.06. The molecular formula is C33H37FN4O6. The first-order valence-corrected chi connectivity index (χ1v) is 14.4. The standard InChI is InChI=1S/C33H37FN4O6/c1-18-21(20-13-26(34)24(30(14-20)43-4)15-35-28-11-12-44-17-29(28)39)7-5-8-22(18)23-9-6-10-27(19(23)2)37-31(40)25-16-36-33(42)38(3)32(25)41/h5-10,13-14,16,28-29,32,35,39,41H,11-12,15,17H2,1-4H3,(H,36,42)(H,37,40)/t28-,29+,32?/m1/s1. The molecule has 1 fully saturated rings. The molecule has 0 spiro atoms. The molecule has 44 heavy (non-hydrogen) atoms. The number of amides is 3. The molecule has 0 aliphatic carbocycles. The number of carbonyl (C=O) groups is 2. The fraction of sp³-hybridized carbons (Fsp3) is 0.333. The van der Waals surface area contributed by atoms with Crippen LogP contribution in [0.2, 0.25) is 0 Å². The maximum atomic E-state index is 15.6. The molecule has 3 atom stereocenters. The second-order valence-electron chi connectivity index (χ2n) is 11.0. The Morgan fingerprint density at radius 2 is 1.82 bits per heavy atom. The molecule has 232 valence electrons. The van der Waals surface area contributed by atoms with Crippen molar-refractivity contribution in [2.45, 2.75) is 45.2 Å². The van der Waals surface area contributed by atoms with Crippen LogP contribution >= 0.6 is 0 Å². The molecule has 3 aromatic carbocycles. The van der Waals surface area contributed by atoms with Crippen molar-refractivity contribution in [1.29, 1.82) is 0 Å². The molecule has 11 heteroatoms. The second-order valence-corrected chi connectivity index (χ2v) is 11.0. The van der Waals surface area contributed by atoms with Gasteiger partial charge in [-0.25, -0.2) is 9.18 Å². The molecule has 2 aliphatic heterocycles. The van der Waals surface area contributed by atoms with Crippen LogP contribution in [0.4, 0.5) is 14.9 Å². The Kier molecular flexibility index (Phi) is 9.31. The van der Waals surface area contributed by atoms with Crippen molar-refractivity contribution in [3.8, 4) is 28.0 Å². The number of anilines is 1. The molecule has 5 N–H and O–H groups in total. The first-order valence-electron chi connectivity index (χ1n) is 14.4. The molecule has 5 rings (SSSR count). The van der Waals surface area contributed by atoms with Crippen LogP contribution in [0.25, 0.3) is 22.3 Å². The predicted octanol–water partition coefficient (Wildman–Crippen LogP) is 3.82. The Morgan fingerprint density at radius 3 is 2.55 bits per heavy atom. The minimum Gasteiger partial charge on any atom is -0.496 e. The van der Waals surface area contributed by atoms with Gasteiger partial charge in [0.15, 0.2) is 6.23 Å². The van der Waals surface area contributed by atoms with Gasteiger partial charge < -0.3 is 35.6 Å². The van der Waals surface area contributed by atoms with Gasteiger partial charge in [0, 0.05) is 43.7 Å². The molecule has 1 saturated heterocycles. The highest BCUT2D eigenvalue weighted by atomic mass is 19.1. The molecule has 2 aliphatic rings. The van der Waals surface area contributed by atoms with Crippen LogP contribution in [-0.4, -0.2) is 72.8 Å². The van der Waals surface area contributed by atoms with Gasteiger partial charge in [-0.05, 0) is 71.8 Å². The van der Waals surface area contributed by atoms with Gasteiger partial charge >= 0.3 is 6.03 Å². The van der Waals surface area contributed by atoms with E-state index < -0.39 is 30.1 Å². The summed E-state index contributed by atoms with van der Waals surface area (Å²) in [6.45, 7) is 4.83. The predicted molar refractivity (Wildman–Crippen MR) is 164 cm³/mol. The fourth-order valence-electron chi connectivity index (χ4n) is 5.63.